The Morgan fingerprint density at radius 2 is 1.85 bits per heavy atom. The fraction of sp³-hybridized carbons (Fsp3) is 0.400. The van der Waals surface area contributed by atoms with E-state index in [1.807, 2.05) is 0 Å². The molecule has 0 amide bonds. The van der Waals surface area contributed by atoms with Gasteiger partial charge in [0, 0.05) is 12.5 Å². The Morgan fingerprint density at radius 3 is 2.56 bits per heavy atom. The topological polar surface area (TPSA) is 113 Å². The van der Waals surface area contributed by atoms with Crippen LogP contribution in [0.4, 0.5) is 0 Å². The number of esters is 1. The monoisotopic (exact) mass is 376 g/mol. The normalized spacial score (nSPS) is 26.4. The van der Waals surface area contributed by atoms with E-state index >= 15 is 0 Å². The van der Waals surface area contributed by atoms with Crippen LogP contribution in [0.2, 0.25) is 0 Å². The van der Waals surface area contributed by atoms with Crippen LogP contribution < -0.4 is 4.74 Å². The molecule has 0 aromatic heterocycles. The van der Waals surface area contributed by atoms with Crippen molar-refractivity contribution in [3.05, 3.63) is 41.5 Å². The summed E-state index contributed by atoms with van der Waals surface area (Å²) >= 11 is 0. The molecule has 2 rings (SSSR count). The van der Waals surface area contributed by atoms with Gasteiger partial charge in [0.25, 0.3) is 0 Å². The first kappa shape index (κ1) is 20.7. The highest BCUT2D eigenvalue weighted by Crippen LogP contribution is 2.30. The number of rotatable bonds is 2. The molecule has 0 unspecified atom stereocenters. The molecule has 27 heavy (non-hydrogen) atoms. The molecular weight excluding hydrogens is 352 g/mol. The van der Waals surface area contributed by atoms with E-state index in [1.54, 1.807) is 19.9 Å². The van der Waals surface area contributed by atoms with Crippen molar-refractivity contribution in [1.82, 2.24) is 0 Å². The van der Waals surface area contributed by atoms with Crippen LogP contribution in [0, 0.1) is 0 Å². The molecule has 7 nitrogen and oxygen atoms in total. The highest BCUT2D eigenvalue weighted by molar-refractivity contribution is 5.97. The van der Waals surface area contributed by atoms with Crippen molar-refractivity contribution in [2.75, 3.05) is 6.61 Å². The Morgan fingerprint density at radius 1 is 1.15 bits per heavy atom. The van der Waals surface area contributed by atoms with Gasteiger partial charge in [-0.1, -0.05) is 18.2 Å². The summed E-state index contributed by atoms with van der Waals surface area (Å²) in [5, 5.41) is 30.2. The minimum Gasteiger partial charge on any atom is -0.507 e. The molecular formula is C20H24O7. The Labute approximate surface area is 157 Å². The summed E-state index contributed by atoms with van der Waals surface area (Å²) in [6.45, 7) is 3.81. The zero-order valence-corrected chi connectivity index (χ0v) is 15.3. The largest absolute Gasteiger partial charge is 0.507 e. The molecule has 1 heterocycles. The van der Waals surface area contributed by atoms with Crippen LogP contribution in [-0.2, 0) is 9.53 Å². The summed E-state index contributed by atoms with van der Waals surface area (Å²) in [6, 6.07) is 2.91. The number of phenolic OH excluding ortho intramolecular Hbond substituents is 1. The highest BCUT2D eigenvalue weighted by atomic mass is 16.5. The first-order valence-corrected chi connectivity index (χ1v) is 8.77. The van der Waals surface area contributed by atoms with E-state index in [-0.39, 0.29) is 24.2 Å². The maximum absolute atomic E-state index is 12.5. The molecule has 3 atom stereocenters. The van der Waals surface area contributed by atoms with E-state index < -0.39 is 30.1 Å². The molecule has 7 heteroatoms. The van der Waals surface area contributed by atoms with Crippen LogP contribution >= 0.6 is 0 Å². The smallest absolute Gasteiger partial charge is 0.342 e. The first-order valence-electron chi connectivity index (χ1n) is 8.77. The average molecular weight is 376 g/mol. The number of cyclic esters (lactones) is 1. The van der Waals surface area contributed by atoms with Crippen LogP contribution in [0.5, 0.6) is 11.5 Å². The minimum absolute atomic E-state index is 0.0197. The molecule has 0 radical (unpaired) electrons. The van der Waals surface area contributed by atoms with Crippen molar-refractivity contribution in [3.63, 3.8) is 0 Å². The van der Waals surface area contributed by atoms with E-state index in [2.05, 4.69) is 0 Å². The molecule has 1 aromatic rings. The quantitative estimate of drug-likeness (QED) is 0.677. The maximum atomic E-state index is 12.5. The van der Waals surface area contributed by atoms with Gasteiger partial charge in [-0.25, -0.2) is 4.79 Å². The van der Waals surface area contributed by atoms with Gasteiger partial charge in [-0.05, 0) is 38.0 Å². The standard InChI is InChI=1S/C20H24O7/c1-3-26-14-10-13-7-5-9-16(22)19(24)15(21)8-4-6-12(2)27-20(25)18(13)17(23)11-14/h4-5,7-8,10-12,16,19,22-24H,3,6,9H2,1-2H3/b7-5+,8-4-/t12-,16-,19+/m0/s1. The van der Waals surface area contributed by atoms with E-state index in [0.717, 1.165) is 6.08 Å². The Hall–Kier alpha value is -2.64. The maximum Gasteiger partial charge on any atom is 0.342 e. The number of benzene rings is 1. The van der Waals surface area contributed by atoms with Gasteiger partial charge >= 0.3 is 5.97 Å². The van der Waals surface area contributed by atoms with Gasteiger partial charge in [0.2, 0.25) is 0 Å². The lowest BCUT2D eigenvalue weighted by molar-refractivity contribution is -0.127. The van der Waals surface area contributed by atoms with Gasteiger partial charge in [-0.15, -0.1) is 0 Å². The molecule has 0 aliphatic carbocycles. The third kappa shape index (κ3) is 5.42. The molecule has 1 aliphatic heterocycles. The molecule has 0 saturated carbocycles. The minimum atomic E-state index is -1.55. The number of ketones is 1. The van der Waals surface area contributed by atoms with Crippen LogP contribution in [-0.4, -0.2) is 52.0 Å². The van der Waals surface area contributed by atoms with E-state index in [0.29, 0.717) is 17.9 Å². The van der Waals surface area contributed by atoms with Crippen molar-refractivity contribution in [1.29, 1.82) is 0 Å². The lowest BCUT2D eigenvalue weighted by Crippen LogP contribution is -2.32. The molecule has 1 aromatic carbocycles. The molecule has 3 N–H and O–H groups in total. The first-order chi connectivity index (χ1) is 12.8. The van der Waals surface area contributed by atoms with E-state index in [9.17, 15) is 24.9 Å². The predicted molar refractivity (Wildman–Crippen MR) is 98.6 cm³/mol. The fourth-order valence-electron chi connectivity index (χ4n) is 2.64. The van der Waals surface area contributed by atoms with Gasteiger partial charge in [-0.2, -0.15) is 0 Å². The Kier molecular flexibility index (Phi) is 7.15. The molecule has 1 aliphatic rings. The summed E-state index contributed by atoms with van der Waals surface area (Å²) in [7, 11) is 0. The molecule has 0 bridgehead atoms. The SMILES string of the molecule is CCOc1cc(O)c2c(c1)/C=C/C[C@H](O)[C@H](O)C(=O)/C=C\C[C@H](C)OC2=O. The number of aliphatic hydroxyl groups is 2. The number of carbonyl (C=O) groups is 2. The molecule has 0 saturated heterocycles. The summed E-state index contributed by atoms with van der Waals surface area (Å²) in [5.41, 5.74) is 0.324. The average Bonchev–Trinajstić information content (AvgIpc) is 2.59. The van der Waals surface area contributed by atoms with Crippen LogP contribution in [0.15, 0.2) is 30.4 Å². The van der Waals surface area contributed by atoms with Gasteiger partial charge in [0.05, 0.1) is 12.7 Å². The number of carbonyl (C=O) groups excluding carboxylic acids is 2. The van der Waals surface area contributed by atoms with Crippen LogP contribution in [0.3, 0.4) is 0 Å². The van der Waals surface area contributed by atoms with Crippen molar-refractivity contribution >= 4 is 17.8 Å². The van der Waals surface area contributed by atoms with Gasteiger partial charge in [0.1, 0.15) is 29.3 Å². The summed E-state index contributed by atoms with van der Waals surface area (Å²) in [5.74, 6) is -1.24. The second-order valence-electron chi connectivity index (χ2n) is 6.25. The second-order valence-corrected chi connectivity index (χ2v) is 6.25. The number of hydrogen-bond donors (Lipinski definition) is 3. The van der Waals surface area contributed by atoms with Crippen LogP contribution in [0.25, 0.3) is 6.08 Å². The van der Waals surface area contributed by atoms with Crippen molar-refractivity contribution in [2.45, 2.75) is 45.0 Å². The van der Waals surface area contributed by atoms with E-state index in [4.69, 9.17) is 9.47 Å². The number of hydrogen-bond acceptors (Lipinski definition) is 7. The van der Waals surface area contributed by atoms with Crippen molar-refractivity contribution < 1.29 is 34.4 Å². The highest BCUT2D eigenvalue weighted by Gasteiger charge is 2.23. The Bertz CT molecular complexity index is 751. The summed E-state index contributed by atoms with van der Waals surface area (Å²) in [4.78, 5) is 24.4. The van der Waals surface area contributed by atoms with E-state index in [1.165, 1.54) is 24.3 Å². The van der Waals surface area contributed by atoms with Crippen LogP contribution in [0.1, 0.15) is 42.6 Å². The third-order valence-electron chi connectivity index (χ3n) is 4.03. The zero-order valence-electron chi connectivity index (χ0n) is 15.3. The summed E-state index contributed by atoms with van der Waals surface area (Å²) < 4.78 is 10.7. The summed E-state index contributed by atoms with van der Waals surface area (Å²) in [6.07, 6.45) is 2.45. The number of phenols is 1. The van der Waals surface area contributed by atoms with Crippen molar-refractivity contribution in [3.8, 4) is 11.5 Å². The van der Waals surface area contributed by atoms with Gasteiger partial charge < -0.3 is 24.8 Å². The number of aromatic hydroxyl groups is 1. The molecule has 0 fully saturated rings. The predicted octanol–water partition coefficient (Wildman–Crippen LogP) is 1.99. The van der Waals surface area contributed by atoms with Gasteiger partial charge in [-0.3, -0.25) is 4.79 Å². The Balaban J connectivity index is 2.45. The zero-order chi connectivity index (χ0) is 20.0. The lowest BCUT2D eigenvalue weighted by Gasteiger charge is -2.17. The number of ether oxygens (including phenoxy) is 2. The molecule has 0 spiro atoms. The third-order valence-corrected chi connectivity index (χ3v) is 4.03. The second kappa shape index (κ2) is 9.34. The lowest BCUT2D eigenvalue weighted by atomic mass is 10.0. The number of fused-ring (bicyclic) bond motifs is 1. The van der Waals surface area contributed by atoms with Crippen molar-refractivity contribution in [2.24, 2.45) is 0 Å². The van der Waals surface area contributed by atoms with Gasteiger partial charge in [0.15, 0.2) is 5.78 Å². The number of aliphatic hydroxyl groups excluding tert-OH is 2. The molecule has 146 valence electrons. The fourth-order valence-corrected chi connectivity index (χ4v) is 2.64.